The highest BCUT2D eigenvalue weighted by Gasteiger charge is 2.21. The van der Waals surface area contributed by atoms with Crippen molar-refractivity contribution >= 4 is 0 Å². The number of nitrogens with one attached hydrogen (secondary N) is 1. The maximum absolute atomic E-state index is 10.1. The molecule has 25 heavy (non-hydrogen) atoms. The zero-order chi connectivity index (χ0) is 17.6. The molecule has 1 aliphatic heterocycles. The summed E-state index contributed by atoms with van der Waals surface area (Å²) in [5.41, 5.74) is 0.588. The fraction of sp³-hybridized carbons (Fsp3) is 0.500. The molecule has 0 fully saturated rings. The Bertz CT molecular complexity index is 735. The Morgan fingerprint density at radius 1 is 1.44 bits per heavy atom. The van der Waals surface area contributed by atoms with Gasteiger partial charge in [-0.2, -0.15) is 10.4 Å². The molecule has 1 aliphatic rings. The van der Waals surface area contributed by atoms with Crippen molar-refractivity contribution in [1.29, 1.82) is 5.26 Å². The van der Waals surface area contributed by atoms with Crippen molar-refractivity contribution in [3.63, 3.8) is 0 Å². The molecule has 0 spiro atoms. The molecule has 132 valence electrons. The van der Waals surface area contributed by atoms with Crippen LogP contribution in [0.15, 0.2) is 24.3 Å². The average molecular weight is 341 g/mol. The Kier molecular flexibility index (Phi) is 5.64. The number of rotatable bonds is 7. The second-order valence-electron chi connectivity index (χ2n) is 6.22. The van der Waals surface area contributed by atoms with Crippen molar-refractivity contribution in [2.45, 2.75) is 44.9 Å². The standard InChI is InChI=1S/C18H23N5O2/c1-2-17-21-18-8-5-14(11-23(18)22-17)20-10-15(24)12-25-16-6-3-13(9-19)4-7-16/h3-4,6-7,14-15,20,24H,2,5,8,10-12H2,1H3/t14-,15+/m1/s1. The minimum Gasteiger partial charge on any atom is -0.491 e. The Labute approximate surface area is 147 Å². The van der Waals surface area contributed by atoms with Gasteiger partial charge in [-0.15, -0.1) is 0 Å². The topological polar surface area (TPSA) is 96.0 Å². The van der Waals surface area contributed by atoms with E-state index in [9.17, 15) is 5.11 Å². The molecule has 2 N–H and O–H groups in total. The lowest BCUT2D eigenvalue weighted by Crippen LogP contribution is -2.42. The molecule has 2 aromatic rings. The number of benzene rings is 1. The monoisotopic (exact) mass is 341 g/mol. The summed E-state index contributed by atoms with van der Waals surface area (Å²) in [6.07, 6.45) is 2.15. The Morgan fingerprint density at radius 3 is 2.96 bits per heavy atom. The Morgan fingerprint density at radius 2 is 2.24 bits per heavy atom. The summed E-state index contributed by atoms with van der Waals surface area (Å²) in [4.78, 5) is 4.51. The summed E-state index contributed by atoms with van der Waals surface area (Å²) >= 11 is 0. The molecule has 0 amide bonds. The van der Waals surface area contributed by atoms with E-state index in [0.29, 0.717) is 17.9 Å². The second kappa shape index (κ2) is 8.10. The molecule has 3 rings (SSSR count). The SMILES string of the molecule is CCc1nc2n(n1)C[C@H](NC[C@H](O)COc1ccc(C#N)cc1)CC2. The first-order valence-corrected chi connectivity index (χ1v) is 8.65. The highest BCUT2D eigenvalue weighted by Crippen LogP contribution is 2.14. The van der Waals surface area contributed by atoms with E-state index in [1.54, 1.807) is 24.3 Å². The third-order valence-electron chi connectivity index (χ3n) is 4.29. The van der Waals surface area contributed by atoms with Crippen molar-refractivity contribution in [1.82, 2.24) is 20.1 Å². The van der Waals surface area contributed by atoms with Gasteiger partial charge < -0.3 is 15.2 Å². The van der Waals surface area contributed by atoms with E-state index in [1.165, 1.54) is 0 Å². The van der Waals surface area contributed by atoms with Crippen molar-refractivity contribution in [2.24, 2.45) is 0 Å². The maximum atomic E-state index is 10.1. The van der Waals surface area contributed by atoms with Gasteiger partial charge in [0, 0.05) is 25.4 Å². The number of nitriles is 1. The van der Waals surface area contributed by atoms with Gasteiger partial charge in [0.2, 0.25) is 0 Å². The Balaban J connectivity index is 1.41. The quantitative estimate of drug-likeness (QED) is 0.782. The van der Waals surface area contributed by atoms with Gasteiger partial charge in [0.25, 0.3) is 0 Å². The molecule has 7 nitrogen and oxygen atoms in total. The van der Waals surface area contributed by atoms with E-state index in [0.717, 1.165) is 37.5 Å². The number of nitrogens with zero attached hydrogens (tertiary/aromatic N) is 4. The first-order valence-electron chi connectivity index (χ1n) is 8.65. The van der Waals surface area contributed by atoms with Crippen LogP contribution in [0, 0.1) is 11.3 Å². The number of hydrogen-bond donors (Lipinski definition) is 2. The summed E-state index contributed by atoms with van der Waals surface area (Å²) in [5, 5.41) is 26.7. The first kappa shape index (κ1) is 17.4. The zero-order valence-electron chi connectivity index (χ0n) is 14.4. The molecular weight excluding hydrogens is 318 g/mol. The number of aryl methyl sites for hydroxylation is 2. The van der Waals surface area contributed by atoms with E-state index in [4.69, 9.17) is 10.00 Å². The number of fused-ring (bicyclic) bond motifs is 1. The first-order chi connectivity index (χ1) is 12.2. The van der Waals surface area contributed by atoms with E-state index in [1.807, 2.05) is 4.68 Å². The Hall–Kier alpha value is -2.43. The van der Waals surface area contributed by atoms with Crippen LogP contribution in [0.4, 0.5) is 0 Å². The van der Waals surface area contributed by atoms with Gasteiger partial charge in [-0.25, -0.2) is 9.67 Å². The molecule has 0 unspecified atom stereocenters. The van der Waals surface area contributed by atoms with Crippen LogP contribution >= 0.6 is 0 Å². The predicted molar refractivity (Wildman–Crippen MR) is 92.2 cm³/mol. The van der Waals surface area contributed by atoms with E-state index < -0.39 is 6.10 Å². The van der Waals surface area contributed by atoms with E-state index in [-0.39, 0.29) is 12.6 Å². The molecule has 0 bridgehead atoms. The lowest BCUT2D eigenvalue weighted by molar-refractivity contribution is 0.101. The smallest absolute Gasteiger partial charge is 0.150 e. The fourth-order valence-corrected chi connectivity index (χ4v) is 2.86. The number of aromatic nitrogens is 3. The minimum atomic E-state index is -0.598. The van der Waals surface area contributed by atoms with Gasteiger partial charge in [-0.1, -0.05) is 6.92 Å². The van der Waals surface area contributed by atoms with E-state index >= 15 is 0 Å². The highest BCUT2D eigenvalue weighted by atomic mass is 16.5. The van der Waals surface area contributed by atoms with Gasteiger partial charge in [0.1, 0.15) is 24.3 Å². The molecule has 0 saturated carbocycles. The van der Waals surface area contributed by atoms with Crippen LogP contribution in [0.2, 0.25) is 0 Å². The van der Waals surface area contributed by atoms with Crippen molar-refractivity contribution in [2.75, 3.05) is 13.2 Å². The van der Waals surface area contributed by atoms with Gasteiger partial charge in [0.05, 0.1) is 18.2 Å². The zero-order valence-corrected chi connectivity index (χ0v) is 14.4. The summed E-state index contributed by atoms with van der Waals surface area (Å²) in [6, 6.07) is 9.20. The van der Waals surface area contributed by atoms with Crippen molar-refractivity contribution in [3.05, 3.63) is 41.5 Å². The van der Waals surface area contributed by atoms with Crippen molar-refractivity contribution < 1.29 is 9.84 Å². The lowest BCUT2D eigenvalue weighted by Gasteiger charge is -2.24. The van der Waals surface area contributed by atoms with Crippen LogP contribution in [0.5, 0.6) is 5.75 Å². The number of aliphatic hydroxyl groups is 1. The molecule has 0 saturated heterocycles. The molecule has 2 heterocycles. The van der Waals surface area contributed by atoms with Crippen LogP contribution in [0.25, 0.3) is 0 Å². The van der Waals surface area contributed by atoms with Gasteiger partial charge >= 0.3 is 0 Å². The van der Waals surface area contributed by atoms with Crippen LogP contribution in [-0.2, 0) is 19.4 Å². The molecule has 7 heteroatoms. The van der Waals surface area contributed by atoms with E-state index in [2.05, 4.69) is 28.4 Å². The third-order valence-corrected chi connectivity index (χ3v) is 4.29. The molecular formula is C18H23N5O2. The van der Waals surface area contributed by atoms with Gasteiger partial charge in [0.15, 0.2) is 5.82 Å². The molecule has 0 aliphatic carbocycles. The second-order valence-corrected chi connectivity index (χ2v) is 6.22. The van der Waals surface area contributed by atoms with Crippen LogP contribution in [-0.4, -0.2) is 45.2 Å². The van der Waals surface area contributed by atoms with Crippen LogP contribution < -0.4 is 10.1 Å². The van der Waals surface area contributed by atoms with Crippen LogP contribution in [0.1, 0.15) is 30.6 Å². The normalized spacial score (nSPS) is 17.6. The fourth-order valence-electron chi connectivity index (χ4n) is 2.86. The van der Waals surface area contributed by atoms with Crippen LogP contribution in [0.3, 0.4) is 0 Å². The number of hydrogen-bond acceptors (Lipinski definition) is 6. The molecule has 2 atom stereocenters. The number of ether oxygens (including phenoxy) is 1. The van der Waals surface area contributed by atoms with Crippen molar-refractivity contribution in [3.8, 4) is 11.8 Å². The molecule has 0 radical (unpaired) electrons. The summed E-state index contributed by atoms with van der Waals surface area (Å²) < 4.78 is 7.53. The summed E-state index contributed by atoms with van der Waals surface area (Å²) in [6.45, 7) is 3.51. The number of aliphatic hydroxyl groups excluding tert-OH is 1. The maximum Gasteiger partial charge on any atom is 0.150 e. The summed E-state index contributed by atoms with van der Waals surface area (Å²) in [5.74, 6) is 2.60. The minimum absolute atomic E-state index is 0.209. The third kappa shape index (κ3) is 4.56. The lowest BCUT2D eigenvalue weighted by atomic mass is 10.1. The predicted octanol–water partition coefficient (Wildman–Crippen LogP) is 1.06. The van der Waals surface area contributed by atoms with Gasteiger partial charge in [-0.05, 0) is 30.7 Å². The average Bonchev–Trinajstić information content (AvgIpc) is 3.07. The largest absolute Gasteiger partial charge is 0.491 e. The molecule has 1 aromatic carbocycles. The van der Waals surface area contributed by atoms with Gasteiger partial charge in [-0.3, -0.25) is 0 Å². The molecule has 1 aromatic heterocycles. The highest BCUT2D eigenvalue weighted by molar-refractivity contribution is 5.34. The summed E-state index contributed by atoms with van der Waals surface area (Å²) in [7, 11) is 0.